The predicted molar refractivity (Wildman–Crippen MR) is 86.6 cm³/mol. The Morgan fingerprint density at radius 2 is 2.00 bits per heavy atom. The van der Waals surface area contributed by atoms with Gasteiger partial charge in [0.1, 0.15) is 0 Å². The Bertz CT molecular complexity index is 675. The quantitative estimate of drug-likeness (QED) is 0.642. The van der Waals surface area contributed by atoms with Crippen molar-refractivity contribution in [2.75, 3.05) is 17.7 Å². The Morgan fingerprint density at radius 3 is 2.67 bits per heavy atom. The fourth-order valence-corrected chi connectivity index (χ4v) is 2.22. The van der Waals surface area contributed by atoms with E-state index in [1.165, 1.54) is 0 Å². The molecule has 2 aromatic rings. The molecule has 2 rings (SSSR count). The van der Waals surface area contributed by atoms with Gasteiger partial charge in [0.25, 0.3) is 0 Å². The lowest BCUT2D eigenvalue weighted by Gasteiger charge is -2.11. The van der Waals surface area contributed by atoms with E-state index in [1.807, 2.05) is 0 Å². The molecule has 0 bridgehead atoms. The number of rotatable bonds is 4. The SMILES string of the molecule is CCOC(=O)c1cc(Nc2ccc(Cl)cc2Cl)ccc1N. The molecular formula is C15H14Cl2N2O2. The molecule has 0 heterocycles. The third-order valence-corrected chi connectivity index (χ3v) is 3.31. The summed E-state index contributed by atoms with van der Waals surface area (Å²) in [5.74, 6) is -0.458. The number of nitrogen functional groups attached to an aromatic ring is 1. The van der Waals surface area contributed by atoms with E-state index in [2.05, 4.69) is 5.32 Å². The number of carbonyl (C=O) groups is 1. The van der Waals surface area contributed by atoms with Crippen LogP contribution >= 0.6 is 23.2 Å². The van der Waals surface area contributed by atoms with Crippen molar-refractivity contribution in [1.29, 1.82) is 0 Å². The highest BCUT2D eigenvalue weighted by molar-refractivity contribution is 6.36. The van der Waals surface area contributed by atoms with E-state index >= 15 is 0 Å². The molecule has 6 heteroatoms. The minimum absolute atomic E-state index is 0.291. The van der Waals surface area contributed by atoms with Crippen LogP contribution in [0.1, 0.15) is 17.3 Å². The summed E-state index contributed by atoms with van der Waals surface area (Å²) in [6.45, 7) is 2.03. The van der Waals surface area contributed by atoms with Crippen LogP contribution in [-0.4, -0.2) is 12.6 Å². The lowest BCUT2D eigenvalue weighted by Crippen LogP contribution is -2.08. The molecule has 0 saturated heterocycles. The van der Waals surface area contributed by atoms with Gasteiger partial charge in [-0.25, -0.2) is 4.79 Å². The van der Waals surface area contributed by atoms with Crippen LogP contribution in [0.15, 0.2) is 36.4 Å². The van der Waals surface area contributed by atoms with E-state index < -0.39 is 5.97 Å². The summed E-state index contributed by atoms with van der Waals surface area (Å²) in [6, 6.07) is 10.1. The van der Waals surface area contributed by atoms with Crippen LogP contribution in [0.3, 0.4) is 0 Å². The number of hydrogen-bond donors (Lipinski definition) is 2. The number of halogens is 2. The molecule has 4 nitrogen and oxygen atoms in total. The largest absolute Gasteiger partial charge is 0.462 e. The maximum Gasteiger partial charge on any atom is 0.340 e. The second-order valence-electron chi connectivity index (χ2n) is 4.27. The Kier molecular flexibility index (Phi) is 4.94. The van der Waals surface area contributed by atoms with Crippen molar-refractivity contribution in [1.82, 2.24) is 0 Å². The first-order valence-electron chi connectivity index (χ1n) is 6.30. The Balaban J connectivity index is 2.28. The van der Waals surface area contributed by atoms with Crippen molar-refractivity contribution in [2.24, 2.45) is 0 Å². The number of benzene rings is 2. The number of anilines is 3. The highest BCUT2D eigenvalue weighted by atomic mass is 35.5. The van der Waals surface area contributed by atoms with Crippen LogP contribution in [-0.2, 0) is 4.74 Å². The maximum absolute atomic E-state index is 11.8. The molecule has 0 spiro atoms. The molecule has 0 unspecified atom stereocenters. The van der Waals surface area contributed by atoms with E-state index in [4.69, 9.17) is 33.7 Å². The van der Waals surface area contributed by atoms with Gasteiger partial charge in [0.15, 0.2) is 0 Å². The molecule has 0 aliphatic rings. The fraction of sp³-hybridized carbons (Fsp3) is 0.133. The molecule has 2 aromatic carbocycles. The number of nitrogens with two attached hydrogens (primary N) is 1. The standard InChI is InChI=1S/C15H14Cl2N2O2/c1-2-21-15(20)11-8-10(4-5-13(11)18)19-14-6-3-9(16)7-12(14)17/h3-8,19H,2,18H2,1H3. The van der Waals surface area contributed by atoms with E-state index in [0.29, 0.717) is 39.3 Å². The first-order valence-corrected chi connectivity index (χ1v) is 7.05. The molecule has 110 valence electrons. The molecule has 0 aromatic heterocycles. The fourth-order valence-electron chi connectivity index (χ4n) is 1.77. The Morgan fingerprint density at radius 1 is 1.24 bits per heavy atom. The maximum atomic E-state index is 11.8. The topological polar surface area (TPSA) is 64.3 Å². The van der Waals surface area contributed by atoms with Crippen LogP contribution in [0, 0.1) is 0 Å². The van der Waals surface area contributed by atoms with Gasteiger partial charge in [0, 0.05) is 16.4 Å². The number of nitrogens with one attached hydrogen (secondary N) is 1. The Labute approximate surface area is 132 Å². The van der Waals surface area contributed by atoms with Crippen molar-refractivity contribution in [3.8, 4) is 0 Å². The third kappa shape index (κ3) is 3.80. The van der Waals surface area contributed by atoms with E-state index in [9.17, 15) is 4.79 Å². The summed E-state index contributed by atoms with van der Waals surface area (Å²) in [6.07, 6.45) is 0. The molecule has 21 heavy (non-hydrogen) atoms. The van der Waals surface area contributed by atoms with Gasteiger partial charge in [-0.2, -0.15) is 0 Å². The van der Waals surface area contributed by atoms with E-state index in [0.717, 1.165) is 0 Å². The average molecular weight is 325 g/mol. The molecule has 0 atom stereocenters. The molecule has 0 saturated carbocycles. The normalized spacial score (nSPS) is 10.2. The van der Waals surface area contributed by atoms with Gasteiger partial charge in [-0.05, 0) is 43.3 Å². The average Bonchev–Trinajstić information content (AvgIpc) is 2.44. The molecule has 0 amide bonds. The molecule has 0 aliphatic heterocycles. The van der Waals surface area contributed by atoms with Gasteiger partial charge in [0.2, 0.25) is 0 Å². The number of hydrogen-bond acceptors (Lipinski definition) is 4. The number of esters is 1. The van der Waals surface area contributed by atoms with Crippen LogP contribution in [0.25, 0.3) is 0 Å². The van der Waals surface area contributed by atoms with Crippen molar-refractivity contribution in [3.05, 3.63) is 52.0 Å². The first-order chi connectivity index (χ1) is 10.0. The summed E-state index contributed by atoms with van der Waals surface area (Å²) < 4.78 is 4.96. The van der Waals surface area contributed by atoms with Gasteiger partial charge < -0.3 is 15.8 Å². The minimum atomic E-state index is -0.458. The van der Waals surface area contributed by atoms with Crippen LogP contribution in [0.4, 0.5) is 17.1 Å². The third-order valence-electron chi connectivity index (χ3n) is 2.76. The summed E-state index contributed by atoms with van der Waals surface area (Å²) in [7, 11) is 0. The highest BCUT2D eigenvalue weighted by Crippen LogP contribution is 2.29. The van der Waals surface area contributed by atoms with E-state index in [-0.39, 0.29) is 0 Å². The number of ether oxygens (including phenoxy) is 1. The van der Waals surface area contributed by atoms with Crippen molar-refractivity contribution in [3.63, 3.8) is 0 Å². The van der Waals surface area contributed by atoms with Gasteiger partial charge in [0.05, 0.1) is 22.9 Å². The van der Waals surface area contributed by atoms with Gasteiger partial charge in [-0.15, -0.1) is 0 Å². The van der Waals surface area contributed by atoms with Crippen LogP contribution < -0.4 is 11.1 Å². The molecule has 0 fully saturated rings. The monoisotopic (exact) mass is 324 g/mol. The minimum Gasteiger partial charge on any atom is -0.462 e. The van der Waals surface area contributed by atoms with Crippen molar-refractivity contribution in [2.45, 2.75) is 6.92 Å². The summed E-state index contributed by atoms with van der Waals surface area (Å²) in [5.41, 5.74) is 7.82. The van der Waals surface area contributed by atoms with Crippen molar-refractivity contribution < 1.29 is 9.53 Å². The van der Waals surface area contributed by atoms with Gasteiger partial charge >= 0.3 is 5.97 Å². The molecular weight excluding hydrogens is 311 g/mol. The van der Waals surface area contributed by atoms with Crippen molar-refractivity contribution >= 4 is 46.2 Å². The predicted octanol–water partition coefficient (Wildman–Crippen LogP) is 4.50. The summed E-state index contributed by atoms with van der Waals surface area (Å²) >= 11 is 12.0. The van der Waals surface area contributed by atoms with E-state index in [1.54, 1.807) is 43.3 Å². The lowest BCUT2D eigenvalue weighted by molar-refractivity contribution is 0.0527. The smallest absolute Gasteiger partial charge is 0.340 e. The van der Waals surface area contributed by atoms with Gasteiger partial charge in [-0.3, -0.25) is 0 Å². The zero-order valence-electron chi connectivity index (χ0n) is 11.3. The zero-order valence-corrected chi connectivity index (χ0v) is 12.8. The Hall–Kier alpha value is -1.91. The zero-order chi connectivity index (χ0) is 15.4. The first kappa shape index (κ1) is 15.5. The number of carbonyl (C=O) groups excluding carboxylic acids is 1. The molecule has 3 N–H and O–H groups in total. The van der Waals surface area contributed by atoms with Crippen LogP contribution in [0.2, 0.25) is 10.0 Å². The second kappa shape index (κ2) is 6.70. The van der Waals surface area contributed by atoms with Crippen LogP contribution in [0.5, 0.6) is 0 Å². The summed E-state index contributed by atoms with van der Waals surface area (Å²) in [4.78, 5) is 11.8. The van der Waals surface area contributed by atoms with Gasteiger partial charge in [-0.1, -0.05) is 23.2 Å². The highest BCUT2D eigenvalue weighted by Gasteiger charge is 2.12. The summed E-state index contributed by atoms with van der Waals surface area (Å²) in [5, 5.41) is 4.14. The molecule has 0 aliphatic carbocycles. The lowest BCUT2D eigenvalue weighted by atomic mass is 10.1. The second-order valence-corrected chi connectivity index (χ2v) is 5.12. The molecule has 0 radical (unpaired) electrons.